The van der Waals surface area contributed by atoms with Gasteiger partial charge in [-0.25, -0.2) is 9.78 Å². The lowest BCUT2D eigenvalue weighted by atomic mass is 10.4. The lowest BCUT2D eigenvalue weighted by molar-refractivity contribution is 0.122. The molecule has 0 amide bonds. The molecule has 3 heterocycles. The smallest absolute Gasteiger partial charge is 0.352 e. The summed E-state index contributed by atoms with van der Waals surface area (Å²) in [6.07, 6.45) is 3.08. The summed E-state index contributed by atoms with van der Waals surface area (Å²) in [4.78, 5) is 22.1. The molecule has 0 aliphatic carbocycles. The van der Waals surface area contributed by atoms with Crippen LogP contribution in [0.15, 0.2) is 33.9 Å². The van der Waals surface area contributed by atoms with Gasteiger partial charge in [0.2, 0.25) is 5.95 Å². The monoisotopic (exact) mass is 262 g/mol. The largest absolute Gasteiger partial charge is 0.467 e. The number of anilines is 1. The molecule has 3 rings (SSSR count). The predicted octanol–water partition coefficient (Wildman–Crippen LogP) is 0.116. The SMILES string of the molecule is O=c1nc(N2CCOCC2)ncn1Cc1ccco1. The second-order valence-corrected chi connectivity index (χ2v) is 4.25. The van der Waals surface area contributed by atoms with Gasteiger partial charge in [-0.3, -0.25) is 4.57 Å². The van der Waals surface area contributed by atoms with Crippen molar-refractivity contribution in [2.24, 2.45) is 0 Å². The fraction of sp³-hybridized carbons (Fsp3) is 0.417. The third-order valence-corrected chi connectivity index (χ3v) is 2.95. The second kappa shape index (κ2) is 5.23. The van der Waals surface area contributed by atoms with Crippen molar-refractivity contribution in [3.8, 4) is 0 Å². The fourth-order valence-electron chi connectivity index (χ4n) is 1.94. The molecule has 19 heavy (non-hydrogen) atoms. The van der Waals surface area contributed by atoms with Gasteiger partial charge < -0.3 is 14.1 Å². The van der Waals surface area contributed by atoms with E-state index in [2.05, 4.69) is 9.97 Å². The maximum absolute atomic E-state index is 11.9. The van der Waals surface area contributed by atoms with Gasteiger partial charge in [0, 0.05) is 13.1 Å². The molecule has 1 aliphatic rings. The van der Waals surface area contributed by atoms with Crippen molar-refractivity contribution >= 4 is 5.95 Å². The average molecular weight is 262 g/mol. The molecule has 0 bridgehead atoms. The first-order valence-electron chi connectivity index (χ1n) is 6.11. The maximum atomic E-state index is 11.9. The Kier molecular flexibility index (Phi) is 3.28. The van der Waals surface area contributed by atoms with E-state index in [1.165, 1.54) is 10.9 Å². The lowest BCUT2D eigenvalue weighted by Crippen LogP contribution is -2.39. The maximum Gasteiger partial charge on any atom is 0.352 e. The van der Waals surface area contributed by atoms with Crippen LogP contribution < -0.4 is 10.6 Å². The zero-order chi connectivity index (χ0) is 13.1. The normalized spacial score (nSPS) is 15.7. The number of ether oxygens (including phenoxy) is 1. The molecule has 7 nitrogen and oxygen atoms in total. The third kappa shape index (κ3) is 2.65. The summed E-state index contributed by atoms with van der Waals surface area (Å²) in [5.74, 6) is 1.16. The quantitative estimate of drug-likeness (QED) is 0.782. The van der Waals surface area contributed by atoms with Crippen molar-refractivity contribution in [1.82, 2.24) is 14.5 Å². The van der Waals surface area contributed by atoms with Crippen LogP contribution in [0.3, 0.4) is 0 Å². The van der Waals surface area contributed by atoms with Crippen LogP contribution in [0.4, 0.5) is 5.95 Å². The minimum atomic E-state index is -0.326. The van der Waals surface area contributed by atoms with Crippen LogP contribution in [0, 0.1) is 0 Å². The Labute approximate surface area is 109 Å². The van der Waals surface area contributed by atoms with Crippen LogP contribution in [0.2, 0.25) is 0 Å². The Morgan fingerprint density at radius 1 is 1.32 bits per heavy atom. The summed E-state index contributed by atoms with van der Waals surface area (Å²) in [5.41, 5.74) is -0.326. The molecule has 2 aromatic heterocycles. The topological polar surface area (TPSA) is 73.4 Å². The summed E-state index contributed by atoms with van der Waals surface area (Å²) in [5, 5.41) is 0. The Bertz CT molecular complexity index is 587. The van der Waals surface area contributed by atoms with E-state index in [1.807, 2.05) is 11.0 Å². The zero-order valence-corrected chi connectivity index (χ0v) is 10.4. The third-order valence-electron chi connectivity index (χ3n) is 2.95. The molecule has 1 aliphatic heterocycles. The minimum Gasteiger partial charge on any atom is -0.467 e. The first kappa shape index (κ1) is 11.9. The minimum absolute atomic E-state index is 0.326. The van der Waals surface area contributed by atoms with E-state index in [0.717, 1.165) is 0 Å². The molecule has 0 atom stereocenters. The van der Waals surface area contributed by atoms with Gasteiger partial charge in [0.05, 0.1) is 26.0 Å². The summed E-state index contributed by atoms with van der Waals surface area (Å²) < 4.78 is 11.9. The van der Waals surface area contributed by atoms with Gasteiger partial charge in [-0.05, 0) is 12.1 Å². The number of furan rings is 1. The fourth-order valence-corrected chi connectivity index (χ4v) is 1.94. The molecule has 1 saturated heterocycles. The van der Waals surface area contributed by atoms with Crippen LogP contribution >= 0.6 is 0 Å². The molecule has 2 aromatic rings. The van der Waals surface area contributed by atoms with Crippen molar-refractivity contribution in [2.45, 2.75) is 6.54 Å². The Morgan fingerprint density at radius 3 is 2.84 bits per heavy atom. The first-order valence-corrected chi connectivity index (χ1v) is 6.11. The van der Waals surface area contributed by atoms with Gasteiger partial charge in [0.15, 0.2) is 0 Å². The number of morpholine rings is 1. The molecular formula is C12H14N4O3. The van der Waals surface area contributed by atoms with Gasteiger partial charge in [-0.1, -0.05) is 0 Å². The van der Waals surface area contributed by atoms with Gasteiger partial charge in [0.25, 0.3) is 0 Å². The van der Waals surface area contributed by atoms with E-state index < -0.39 is 0 Å². The summed E-state index contributed by atoms with van der Waals surface area (Å²) in [6, 6.07) is 3.59. The zero-order valence-electron chi connectivity index (χ0n) is 10.4. The van der Waals surface area contributed by atoms with Gasteiger partial charge >= 0.3 is 5.69 Å². The number of aromatic nitrogens is 3. The lowest BCUT2D eigenvalue weighted by Gasteiger charge is -2.26. The summed E-state index contributed by atoms with van der Waals surface area (Å²) >= 11 is 0. The average Bonchev–Trinajstić information content (AvgIpc) is 2.95. The molecule has 100 valence electrons. The number of hydrogen-bond donors (Lipinski definition) is 0. The van der Waals surface area contributed by atoms with Crippen LogP contribution in [0.5, 0.6) is 0 Å². The van der Waals surface area contributed by atoms with Gasteiger partial charge in [0.1, 0.15) is 12.1 Å². The molecule has 0 saturated carbocycles. The molecule has 1 fully saturated rings. The standard InChI is InChI=1S/C12H14N4O3/c17-12-14-11(15-3-6-18-7-4-15)13-9-16(12)8-10-2-1-5-19-10/h1-2,5,9H,3-4,6-8H2. The molecule has 0 unspecified atom stereocenters. The summed E-state index contributed by atoms with van der Waals surface area (Å²) in [7, 11) is 0. The van der Waals surface area contributed by atoms with Crippen molar-refractivity contribution in [2.75, 3.05) is 31.2 Å². The predicted molar refractivity (Wildman–Crippen MR) is 67.1 cm³/mol. The van der Waals surface area contributed by atoms with Crippen molar-refractivity contribution in [3.63, 3.8) is 0 Å². The molecule has 0 spiro atoms. The van der Waals surface area contributed by atoms with E-state index in [0.29, 0.717) is 44.6 Å². The Balaban J connectivity index is 1.79. The van der Waals surface area contributed by atoms with E-state index in [1.54, 1.807) is 12.3 Å². The molecule has 0 N–H and O–H groups in total. The number of hydrogen-bond acceptors (Lipinski definition) is 6. The van der Waals surface area contributed by atoms with Crippen molar-refractivity contribution < 1.29 is 9.15 Å². The first-order chi connectivity index (χ1) is 9.33. The molecular weight excluding hydrogens is 248 g/mol. The van der Waals surface area contributed by atoms with Gasteiger partial charge in [-0.2, -0.15) is 4.98 Å². The van der Waals surface area contributed by atoms with Crippen LogP contribution in [-0.4, -0.2) is 40.8 Å². The van der Waals surface area contributed by atoms with E-state index in [9.17, 15) is 4.79 Å². The molecule has 7 heteroatoms. The second-order valence-electron chi connectivity index (χ2n) is 4.25. The van der Waals surface area contributed by atoms with Crippen LogP contribution in [-0.2, 0) is 11.3 Å². The van der Waals surface area contributed by atoms with E-state index in [-0.39, 0.29) is 5.69 Å². The van der Waals surface area contributed by atoms with Crippen LogP contribution in [0.1, 0.15) is 5.76 Å². The van der Waals surface area contributed by atoms with Crippen molar-refractivity contribution in [3.05, 3.63) is 41.0 Å². The number of rotatable bonds is 3. The highest BCUT2D eigenvalue weighted by molar-refractivity contribution is 5.27. The number of nitrogens with zero attached hydrogens (tertiary/aromatic N) is 4. The summed E-state index contributed by atoms with van der Waals surface area (Å²) in [6.45, 7) is 3.04. The van der Waals surface area contributed by atoms with Gasteiger partial charge in [-0.15, -0.1) is 0 Å². The Hall–Kier alpha value is -2.15. The van der Waals surface area contributed by atoms with Crippen LogP contribution in [0.25, 0.3) is 0 Å². The highest BCUT2D eigenvalue weighted by Crippen LogP contribution is 2.07. The molecule has 0 aromatic carbocycles. The van der Waals surface area contributed by atoms with Crippen molar-refractivity contribution in [1.29, 1.82) is 0 Å². The van der Waals surface area contributed by atoms with E-state index >= 15 is 0 Å². The Morgan fingerprint density at radius 2 is 2.16 bits per heavy atom. The van der Waals surface area contributed by atoms with E-state index in [4.69, 9.17) is 9.15 Å². The highest BCUT2D eigenvalue weighted by atomic mass is 16.5. The molecule has 0 radical (unpaired) electrons. The highest BCUT2D eigenvalue weighted by Gasteiger charge is 2.14.